The molecule has 0 radical (unpaired) electrons. The first-order valence-corrected chi connectivity index (χ1v) is 7.79. The molecule has 0 spiro atoms. The van der Waals surface area contributed by atoms with E-state index in [-0.39, 0.29) is 0 Å². The highest BCUT2D eigenvalue weighted by Gasteiger charge is 2.40. The Morgan fingerprint density at radius 3 is 2.94 bits per heavy atom. The van der Waals surface area contributed by atoms with Gasteiger partial charge in [-0.1, -0.05) is 6.92 Å². The second kappa shape index (κ2) is 8.35. The number of ether oxygens (including phenoxy) is 2. The lowest BCUT2D eigenvalue weighted by Gasteiger charge is -2.32. The zero-order chi connectivity index (χ0) is 12.6. The maximum Gasteiger partial charge on any atom is 0.0616 e. The monoisotopic (exact) mass is 261 g/mol. The molecule has 1 rings (SSSR count). The molecule has 0 saturated carbocycles. The van der Waals surface area contributed by atoms with Gasteiger partial charge in [0.1, 0.15) is 0 Å². The van der Waals surface area contributed by atoms with Crippen molar-refractivity contribution in [3.05, 3.63) is 0 Å². The van der Waals surface area contributed by atoms with Gasteiger partial charge in [0.25, 0.3) is 0 Å². The Morgan fingerprint density at radius 1 is 1.53 bits per heavy atom. The molecule has 0 aromatic heterocycles. The lowest BCUT2D eigenvalue weighted by Crippen LogP contribution is -2.41. The fourth-order valence-corrected chi connectivity index (χ4v) is 3.24. The molecule has 1 saturated heterocycles. The quantitative estimate of drug-likeness (QED) is 0.644. The normalized spacial score (nSPS) is 28.8. The van der Waals surface area contributed by atoms with E-state index in [1.807, 2.05) is 11.8 Å². The van der Waals surface area contributed by atoms with E-state index >= 15 is 0 Å². The van der Waals surface area contributed by atoms with Gasteiger partial charge in [0.05, 0.1) is 12.7 Å². The van der Waals surface area contributed by atoms with Crippen molar-refractivity contribution in [3.8, 4) is 0 Å². The fourth-order valence-electron chi connectivity index (χ4n) is 2.40. The number of hydrogen-bond acceptors (Lipinski definition) is 4. The third-order valence-corrected chi connectivity index (χ3v) is 4.64. The van der Waals surface area contributed by atoms with Crippen molar-refractivity contribution in [2.75, 3.05) is 44.9 Å². The SMILES string of the molecule is CCSCCC1(CNCCOC)CCOC1C. The van der Waals surface area contributed by atoms with E-state index in [4.69, 9.17) is 9.47 Å². The van der Waals surface area contributed by atoms with Crippen LogP contribution in [0.15, 0.2) is 0 Å². The number of nitrogens with one attached hydrogen (secondary N) is 1. The molecule has 1 aliphatic rings. The molecule has 1 heterocycles. The summed E-state index contributed by atoms with van der Waals surface area (Å²) in [6, 6.07) is 0. The van der Waals surface area contributed by atoms with E-state index in [0.717, 1.165) is 26.3 Å². The summed E-state index contributed by atoms with van der Waals surface area (Å²) in [5.74, 6) is 2.46. The highest BCUT2D eigenvalue weighted by atomic mass is 32.2. The summed E-state index contributed by atoms with van der Waals surface area (Å²) < 4.78 is 10.8. The van der Waals surface area contributed by atoms with Gasteiger partial charge in [0, 0.05) is 32.2 Å². The molecule has 0 aromatic rings. The van der Waals surface area contributed by atoms with Crippen LogP contribution in [0, 0.1) is 5.41 Å². The Bertz CT molecular complexity index is 204. The zero-order valence-electron chi connectivity index (χ0n) is 11.5. The smallest absolute Gasteiger partial charge is 0.0616 e. The van der Waals surface area contributed by atoms with Crippen LogP contribution < -0.4 is 5.32 Å². The van der Waals surface area contributed by atoms with Gasteiger partial charge in [-0.3, -0.25) is 0 Å². The first-order chi connectivity index (χ1) is 8.25. The number of thioether (sulfide) groups is 1. The highest BCUT2D eigenvalue weighted by Crippen LogP contribution is 2.38. The van der Waals surface area contributed by atoms with Gasteiger partial charge < -0.3 is 14.8 Å². The first kappa shape index (κ1) is 15.3. The predicted molar refractivity (Wildman–Crippen MR) is 74.8 cm³/mol. The third-order valence-electron chi connectivity index (χ3n) is 3.74. The maximum absolute atomic E-state index is 5.78. The van der Waals surface area contributed by atoms with E-state index in [0.29, 0.717) is 11.5 Å². The van der Waals surface area contributed by atoms with Gasteiger partial charge in [0.15, 0.2) is 0 Å². The molecule has 1 fully saturated rings. The lowest BCUT2D eigenvalue weighted by atomic mass is 9.79. The minimum Gasteiger partial charge on any atom is -0.383 e. The molecule has 0 aliphatic carbocycles. The Kier molecular flexibility index (Phi) is 7.51. The van der Waals surface area contributed by atoms with Crippen LogP contribution in [0.5, 0.6) is 0 Å². The molecule has 102 valence electrons. The van der Waals surface area contributed by atoms with E-state index < -0.39 is 0 Å². The predicted octanol–water partition coefficient (Wildman–Crippen LogP) is 2.16. The third kappa shape index (κ3) is 4.78. The molecule has 0 bridgehead atoms. The zero-order valence-corrected chi connectivity index (χ0v) is 12.3. The topological polar surface area (TPSA) is 30.5 Å². The van der Waals surface area contributed by atoms with E-state index in [2.05, 4.69) is 19.2 Å². The van der Waals surface area contributed by atoms with Crippen molar-refractivity contribution in [1.29, 1.82) is 0 Å². The molecule has 1 N–H and O–H groups in total. The van der Waals surface area contributed by atoms with Gasteiger partial charge in [-0.15, -0.1) is 0 Å². The summed E-state index contributed by atoms with van der Waals surface area (Å²) in [5.41, 5.74) is 0.343. The first-order valence-electron chi connectivity index (χ1n) is 6.64. The summed E-state index contributed by atoms with van der Waals surface area (Å²) in [4.78, 5) is 0. The summed E-state index contributed by atoms with van der Waals surface area (Å²) >= 11 is 2.03. The molecule has 3 nitrogen and oxygen atoms in total. The van der Waals surface area contributed by atoms with E-state index in [1.54, 1.807) is 7.11 Å². The van der Waals surface area contributed by atoms with Crippen LogP contribution in [-0.4, -0.2) is 51.0 Å². The molecule has 17 heavy (non-hydrogen) atoms. The average Bonchev–Trinajstić information content (AvgIpc) is 2.68. The van der Waals surface area contributed by atoms with Crippen LogP contribution in [-0.2, 0) is 9.47 Å². The van der Waals surface area contributed by atoms with Crippen molar-refractivity contribution >= 4 is 11.8 Å². The second-order valence-corrected chi connectivity index (χ2v) is 6.14. The Hall–Kier alpha value is 0.230. The van der Waals surface area contributed by atoms with Gasteiger partial charge in [-0.2, -0.15) is 11.8 Å². The Morgan fingerprint density at radius 2 is 2.35 bits per heavy atom. The molecule has 4 heteroatoms. The maximum atomic E-state index is 5.78. The summed E-state index contributed by atoms with van der Waals surface area (Å²) in [7, 11) is 1.75. The Labute approximate surface area is 110 Å². The van der Waals surface area contributed by atoms with Gasteiger partial charge >= 0.3 is 0 Å². The molecular formula is C13H27NO2S. The van der Waals surface area contributed by atoms with Crippen LogP contribution in [0.1, 0.15) is 26.7 Å². The largest absolute Gasteiger partial charge is 0.383 e. The number of methoxy groups -OCH3 is 1. The second-order valence-electron chi connectivity index (χ2n) is 4.74. The summed E-state index contributed by atoms with van der Waals surface area (Å²) in [6.45, 7) is 8.15. The lowest BCUT2D eigenvalue weighted by molar-refractivity contribution is 0.0605. The minimum atomic E-state index is 0.343. The van der Waals surface area contributed by atoms with Crippen molar-refractivity contribution < 1.29 is 9.47 Å². The summed E-state index contributed by atoms with van der Waals surface area (Å²) in [6.07, 6.45) is 2.83. The standard InChI is InChI=1S/C13H27NO2S/c1-4-17-10-6-13(5-8-16-12(13)2)11-14-7-9-15-3/h12,14H,4-11H2,1-3H3. The number of hydrogen-bond donors (Lipinski definition) is 1. The summed E-state index contributed by atoms with van der Waals surface area (Å²) in [5, 5.41) is 3.51. The van der Waals surface area contributed by atoms with Crippen LogP contribution in [0.25, 0.3) is 0 Å². The molecule has 2 unspecified atom stereocenters. The minimum absolute atomic E-state index is 0.343. The molecule has 2 atom stereocenters. The van der Waals surface area contributed by atoms with Crippen molar-refractivity contribution in [2.45, 2.75) is 32.8 Å². The molecule has 0 amide bonds. The van der Waals surface area contributed by atoms with E-state index in [9.17, 15) is 0 Å². The molecule has 0 aromatic carbocycles. The van der Waals surface area contributed by atoms with E-state index in [1.165, 1.54) is 24.3 Å². The van der Waals surface area contributed by atoms with Crippen LogP contribution in [0.2, 0.25) is 0 Å². The van der Waals surface area contributed by atoms with Crippen LogP contribution in [0.4, 0.5) is 0 Å². The van der Waals surface area contributed by atoms with Crippen molar-refractivity contribution in [3.63, 3.8) is 0 Å². The van der Waals surface area contributed by atoms with Crippen LogP contribution >= 0.6 is 11.8 Å². The van der Waals surface area contributed by atoms with Gasteiger partial charge in [0.2, 0.25) is 0 Å². The van der Waals surface area contributed by atoms with Gasteiger partial charge in [-0.25, -0.2) is 0 Å². The fraction of sp³-hybridized carbons (Fsp3) is 1.00. The molecular weight excluding hydrogens is 234 g/mol. The molecule has 1 aliphatic heterocycles. The highest BCUT2D eigenvalue weighted by molar-refractivity contribution is 7.99. The van der Waals surface area contributed by atoms with Crippen LogP contribution in [0.3, 0.4) is 0 Å². The number of rotatable bonds is 9. The van der Waals surface area contributed by atoms with Gasteiger partial charge in [-0.05, 0) is 31.3 Å². The Balaban J connectivity index is 2.36. The average molecular weight is 261 g/mol. The van der Waals surface area contributed by atoms with Crippen molar-refractivity contribution in [1.82, 2.24) is 5.32 Å². The van der Waals surface area contributed by atoms with Crippen molar-refractivity contribution in [2.24, 2.45) is 5.41 Å².